The van der Waals surface area contributed by atoms with Crippen molar-refractivity contribution in [2.45, 2.75) is 46.6 Å². The molecule has 3 rings (SSSR count). The molecule has 24 heavy (non-hydrogen) atoms. The number of nitrogens with one attached hydrogen (secondary N) is 2. The maximum absolute atomic E-state index is 12.8. The molecule has 0 spiro atoms. The van der Waals surface area contributed by atoms with Gasteiger partial charge in [0.2, 0.25) is 0 Å². The van der Waals surface area contributed by atoms with Gasteiger partial charge >= 0.3 is 0 Å². The van der Waals surface area contributed by atoms with E-state index in [4.69, 9.17) is 0 Å². The van der Waals surface area contributed by atoms with Gasteiger partial charge in [-0.15, -0.1) is 0 Å². The lowest BCUT2D eigenvalue weighted by atomic mass is 9.89. The largest absolute Gasteiger partial charge is 0.384 e. The zero-order valence-electron chi connectivity index (χ0n) is 15.0. The standard InChI is InChI=1S/C21H26N2O/c1-13-5-6-17(16(4)9-13)12-23-21(24)19-11-14(2)10-18-15(3)7-8-22-20(18)19/h5-6,9-11,15,22H,7-8,12H2,1-4H3,(H,23,24). The molecule has 1 amide bonds. The summed E-state index contributed by atoms with van der Waals surface area (Å²) in [6.45, 7) is 9.95. The Kier molecular flexibility index (Phi) is 4.61. The third-order valence-electron chi connectivity index (χ3n) is 4.91. The van der Waals surface area contributed by atoms with E-state index in [0.717, 1.165) is 35.3 Å². The second-order valence-corrected chi connectivity index (χ2v) is 7.01. The number of carbonyl (C=O) groups excluding carboxylic acids is 1. The van der Waals surface area contributed by atoms with Gasteiger partial charge < -0.3 is 10.6 Å². The summed E-state index contributed by atoms with van der Waals surface area (Å²) >= 11 is 0. The summed E-state index contributed by atoms with van der Waals surface area (Å²) in [5, 5.41) is 6.51. The smallest absolute Gasteiger partial charge is 0.253 e. The van der Waals surface area contributed by atoms with Crippen LogP contribution in [-0.4, -0.2) is 12.5 Å². The SMILES string of the molecule is Cc1ccc(CNC(=O)c2cc(C)cc3c2NCCC3C)c(C)c1. The molecule has 1 heterocycles. The van der Waals surface area contributed by atoms with Crippen LogP contribution in [0, 0.1) is 20.8 Å². The van der Waals surface area contributed by atoms with Crippen molar-refractivity contribution in [3.05, 3.63) is 63.7 Å². The summed E-state index contributed by atoms with van der Waals surface area (Å²) in [5.74, 6) is 0.489. The Morgan fingerprint density at radius 2 is 1.96 bits per heavy atom. The Labute approximate surface area is 144 Å². The second kappa shape index (κ2) is 6.68. The number of hydrogen-bond acceptors (Lipinski definition) is 2. The topological polar surface area (TPSA) is 41.1 Å². The summed E-state index contributed by atoms with van der Waals surface area (Å²) in [7, 11) is 0. The molecule has 1 aliphatic heterocycles. The summed E-state index contributed by atoms with van der Waals surface area (Å²) < 4.78 is 0. The molecule has 1 aliphatic rings. The molecule has 126 valence electrons. The predicted molar refractivity (Wildman–Crippen MR) is 99.8 cm³/mol. The van der Waals surface area contributed by atoms with Gasteiger partial charge in [-0.1, -0.05) is 36.8 Å². The van der Waals surface area contributed by atoms with E-state index in [0.29, 0.717) is 12.5 Å². The van der Waals surface area contributed by atoms with Crippen LogP contribution in [-0.2, 0) is 6.54 Å². The van der Waals surface area contributed by atoms with Crippen molar-refractivity contribution in [1.82, 2.24) is 5.32 Å². The Hall–Kier alpha value is -2.29. The van der Waals surface area contributed by atoms with Crippen LogP contribution in [0.15, 0.2) is 30.3 Å². The number of aryl methyl sites for hydroxylation is 3. The lowest BCUT2D eigenvalue weighted by Gasteiger charge is -2.26. The second-order valence-electron chi connectivity index (χ2n) is 7.01. The molecule has 0 bridgehead atoms. The van der Waals surface area contributed by atoms with Gasteiger partial charge in [-0.3, -0.25) is 4.79 Å². The zero-order valence-corrected chi connectivity index (χ0v) is 15.0. The molecule has 0 aromatic heterocycles. The van der Waals surface area contributed by atoms with Crippen molar-refractivity contribution >= 4 is 11.6 Å². The van der Waals surface area contributed by atoms with Crippen molar-refractivity contribution in [2.24, 2.45) is 0 Å². The highest BCUT2D eigenvalue weighted by Crippen LogP contribution is 2.34. The van der Waals surface area contributed by atoms with Crippen LogP contribution in [0.5, 0.6) is 0 Å². The van der Waals surface area contributed by atoms with E-state index in [2.05, 4.69) is 62.6 Å². The molecule has 0 radical (unpaired) electrons. The van der Waals surface area contributed by atoms with Crippen molar-refractivity contribution < 1.29 is 4.79 Å². The van der Waals surface area contributed by atoms with E-state index in [1.165, 1.54) is 16.7 Å². The van der Waals surface area contributed by atoms with Gasteiger partial charge in [0.25, 0.3) is 5.91 Å². The predicted octanol–water partition coefficient (Wildman–Crippen LogP) is 4.46. The molecule has 2 N–H and O–H groups in total. The van der Waals surface area contributed by atoms with E-state index in [9.17, 15) is 4.79 Å². The van der Waals surface area contributed by atoms with E-state index in [-0.39, 0.29) is 5.91 Å². The van der Waals surface area contributed by atoms with Gasteiger partial charge in [0.15, 0.2) is 0 Å². The first kappa shape index (κ1) is 16.6. The fourth-order valence-electron chi connectivity index (χ4n) is 3.46. The maximum atomic E-state index is 12.8. The van der Waals surface area contributed by atoms with Gasteiger partial charge in [0.1, 0.15) is 0 Å². The van der Waals surface area contributed by atoms with Gasteiger partial charge in [-0.2, -0.15) is 0 Å². The molecular formula is C21H26N2O. The van der Waals surface area contributed by atoms with Gasteiger partial charge in [-0.05, 0) is 61.4 Å². The quantitative estimate of drug-likeness (QED) is 0.876. The summed E-state index contributed by atoms with van der Waals surface area (Å²) in [6, 6.07) is 10.5. The monoisotopic (exact) mass is 322 g/mol. The van der Waals surface area contributed by atoms with Gasteiger partial charge in [-0.25, -0.2) is 0 Å². The molecule has 3 nitrogen and oxygen atoms in total. The van der Waals surface area contributed by atoms with Crippen LogP contribution >= 0.6 is 0 Å². The van der Waals surface area contributed by atoms with Crippen molar-refractivity contribution in [3.8, 4) is 0 Å². The van der Waals surface area contributed by atoms with Crippen LogP contribution in [0.25, 0.3) is 0 Å². The minimum atomic E-state index is -0.00322. The number of fused-ring (bicyclic) bond motifs is 1. The molecule has 2 aromatic rings. The van der Waals surface area contributed by atoms with Crippen LogP contribution < -0.4 is 10.6 Å². The summed E-state index contributed by atoms with van der Waals surface area (Å²) in [5.41, 5.74) is 7.80. The highest BCUT2D eigenvalue weighted by Gasteiger charge is 2.22. The number of carbonyl (C=O) groups is 1. The fraction of sp³-hybridized carbons (Fsp3) is 0.381. The molecule has 3 heteroatoms. The normalized spacial score (nSPS) is 16.2. The summed E-state index contributed by atoms with van der Waals surface area (Å²) in [6.07, 6.45) is 1.11. The number of anilines is 1. The first-order valence-electron chi connectivity index (χ1n) is 8.68. The Morgan fingerprint density at radius 3 is 2.71 bits per heavy atom. The van der Waals surface area contributed by atoms with Crippen LogP contribution in [0.2, 0.25) is 0 Å². The molecule has 1 unspecified atom stereocenters. The average Bonchev–Trinajstić information content (AvgIpc) is 2.54. The molecule has 0 aliphatic carbocycles. The van der Waals surface area contributed by atoms with E-state index >= 15 is 0 Å². The minimum absolute atomic E-state index is 0.00322. The first-order valence-corrected chi connectivity index (χ1v) is 8.68. The van der Waals surface area contributed by atoms with Gasteiger partial charge in [0.05, 0.1) is 11.3 Å². The van der Waals surface area contributed by atoms with E-state index < -0.39 is 0 Å². The molecular weight excluding hydrogens is 296 g/mol. The van der Waals surface area contributed by atoms with Crippen molar-refractivity contribution in [3.63, 3.8) is 0 Å². The van der Waals surface area contributed by atoms with Crippen LogP contribution in [0.4, 0.5) is 5.69 Å². The molecule has 1 atom stereocenters. The average molecular weight is 322 g/mol. The molecule has 0 saturated heterocycles. The zero-order chi connectivity index (χ0) is 17.3. The number of rotatable bonds is 3. The highest BCUT2D eigenvalue weighted by atomic mass is 16.1. The van der Waals surface area contributed by atoms with E-state index in [1.54, 1.807) is 0 Å². The maximum Gasteiger partial charge on any atom is 0.253 e. The van der Waals surface area contributed by atoms with E-state index in [1.807, 2.05) is 6.07 Å². The molecule has 2 aromatic carbocycles. The Morgan fingerprint density at radius 1 is 1.17 bits per heavy atom. The van der Waals surface area contributed by atoms with Crippen molar-refractivity contribution in [1.29, 1.82) is 0 Å². The Bertz CT molecular complexity index is 780. The van der Waals surface area contributed by atoms with Gasteiger partial charge in [0, 0.05) is 13.1 Å². The molecule has 0 saturated carbocycles. The minimum Gasteiger partial charge on any atom is -0.384 e. The lowest BCUT2D eigenvalue weighted by molar-refractivity contribution is 0.0951. The number of hydrogen-bond donors (Lipinski definition) is 2. The number of benzene rings is 2. The Balaban J connectivity index is 1.83. The first-order chi connectivity index (χ1) is 11.5. The lowest BCUT2D eigenvalue weighted by Crippen LogP contribution is -2.26. The summed E-state index contributed by atoms with van der Waals surface area (Å²) in [4.78, 5) is 12.8. The van der Waals surface area contributed by atoms with Crippen molar-refractivity contribution in [2.75, 3.05) is 11.9 Å². The molecule has 0 fully saturated rings. The van der Waals surface area contributed by atoms with Crippen LogP contribution in [0.1, 0.15) is 57.4 Å². The number of amides is 1. The highest BCUT2D eigenvalue weighted by molar-refractivity contribution is 6.00. The fourth-order valence-corrected chi connectivity index (χ4v) is 3.46. The third-order valence-corrected chi connectivity index (χ3v) is 4.91. The third kappa shape index (κ3) is 3.30. The van der Waals surface area contributed by atoms with Crippen LogP contribution in [0.3, 0.4) is 0 Å².